The Labute approximate surface area is 180 Å². The van der Waals surface area contributed by atoms with E-state index in [1.165, 1.54) is 57.8 Å². The van der Waals surface area contributed by atoms with E-state index in [1.54, 1.807) is 0 Å². The molecule has 0 aromatic heterocycles. The molecule has 5 nitrogen and oxygen atoms in total. The molecule has 0 unspecified atom stereocenters. The third kappa shape index (κ3) is 9.63. The van der Waals surface area contributed by atoms with Crippen LogP contribution in [-0.2, 0) is 9.16 Å². The molecule has 0 aromatic carbocycles. The van der Waals surface area contributed by atoms with E-state index in [9.17, 15) is 5.11 Å². The zero-order chi connectivity index (χ0) is 21.9. The summed E-state index contributed by atoms with van der Waals surface area (Å²) in [6.07, 6.45) is 14.6. The Hall–Kier alpha value is -0.903. The molecule has 3 atom stereocenters. The summed E-state index contributed by atoms with van der Waals surface area (Å²) in [5, 5.41) is 18.7. The van der Waals surface area contributed by atoms with E-state index in [0.29, 0.717) is 0 Å². The molecule has 1 rings (SSSR count). The highest BCUT2D eigenvalue weighted by atomic mass is 28.4. The van der Waals surface area contributed by atoms with Gasteiger partial charge < -0.3 is 14.3 Å². The van der Waals surface area contributed by atoms with Crippen molar-refractivity contribution in [3.05, 3.63) is 16.9 Å². The Morgan fingerprint density at radius 2 is 1.59 bits per heavy atom. The van der Waals surface area contributed by atoms with Gasteiger partial charge in [-0.1, -0.05) is 91.9 Å². The van der Waals surface area contributed by atoms with Crippen LogP contribution in [0.5, 0.6) is 0 Å². The number of aliphatic hydroxyl groups excluding tert-OH is 1. The van der Waals surface area contributed by atoms with Crippen LogP contribution < -0.4 is 0 Å². The highest BCUT2D eigenvalue weighted by Gasteiger charge is 2.52. The highest BCUT2D eigenvalue weighted by molar-refractivity contribution is 6.74. The number of nitrogens with zero attached hydrogens (tertiary/aromatic N) is 2. The van der Waals surface area contributed by atoms with E-state index in [2.05, 4.69) is 45.8 Å². The van der Waals surface area contributed by atoms with E-state index < -0.39 is 14.4 Å². The van der Waals surface area contributed by atoms with Crippen LogP contribution in [0.15, 0.2) is 12.0 Å². The fourth-order valence-corrected chi connectivity index (χ4v) is 4.82. The van der Waals surface area contributed by atoms with Crippen molar-refractivity contribution in [3.63, 3.8) is 0 Å². The van der Waals surface area contributed by atoms with Crippen LogP contribution in [0.3, 0.4) is 0 Å². The maximum Gasteiger partial charge on any atom is 0.390 e. The number of hydrogen-bond acceptors (Lipinski definition) is 4. The van der Waals surface area contributed by atoms with Crippen LogP contribution in [0.4, 0.5) is 0 Å². The van der Waals surface area contributed by atoms with Crippen molar-refractivity contribution < 1.29 is 14.3 Å². The average molecular weight is 426 g/mol. The van der Waals surface area contributed by atoms with Gasteiger partial charge in [0.1, 0.15) is 6.10 Å². The predicted octanol–water partition coefficient (Wildman–Crippen LogP) is 7.71. The van der Waals surface area contributed by atoms with E-state index >= 15 is 0 Å². The third-order valence-corrected chi connectivity index (χ3v) is 11.0. The minimum absolute atomic E-state index is 0.0100. The number of epoxide rings is 1. The van der Waals surface area contributed by atoms with Crippen molar-refractivity contribution in [1.29, 1.82) is 5.39 Å². The van der Waals surface area contributed by atoms with Crippen molar-refractivity contribution in [2.75, 3.05) is 0 Å². The molecule has 1 heterocycles. The fourth-order valence-electron chi connectivity index (χ4n) is 3.46. The van der Waals surface area contributed by atoms with Crippen LogP contribution in [0, 0.1) is 5.39 Å². The lowest BCUT2D eigenvalue weighted by atomic mass is 10.0. The van der Waals surface area contributed by atoms with Gasteiger partial charge in [0.2, 0.25) is 11.2 Å². The highest BCUT2D eigenvalue weighted by Crippen LogP contribution is 2.42. The second-order valence-corrected chi connectivity index (χ2v) is 14.8. The molecule has 1 aliphatic rings. The lowest BCUT2D eigenvalue weighted by Crippen LogP contribution is -2.45. The van der Waals surface area contributed by atoms with Crippen LogP contribution >= 0.6 is 0 Å². The Bertz CT molecular complexity index is 537. The van der Waals surface area contributed by atoms with Crippen LogP contribution in [0.1, 0.15) is 98.3 Å². The molecule has 1 aliphatic heterocycles. The maximum absolute atomic E-state index is 9.95. The lowest BCUT2D eigenvalue weighted by Gasteiger charge is -2.39. The molecule has 0 saturated carbocycles. The summed E-state index contributed by atoms with van der Waals surface area (Å²) < 4.78 is 12.4. The molecular weight excluding hydrogens is 380 g/mol. The fraction of sp³-hybridized carbons (Fsp3) is 0.913. The number of rotatable bonds is 15. The average Bonchev–Trinajstić information content (AvgIpc) is 3.42. The smallest absolute Gasteiger partial charge is 0.390 e. The van der Waals surface area contributed by atoms with Crippen molar-refractivity contribution >= 4 is 8.32 Å². The first-order valence-corrected chi connectivity index (χ1v) is 14.6. The summed E-state index contributed by atoms with van der Waals surface area (Å²) in [4.78, 5) is 2.91. The van der Waals surface area contributed by atoms with Gasteiger partial charge in [-0.05, 0) is 24.6 Å². The van der Waals surface area contributed by atoms with Gasteiger partial charge in [-0.3, -0.25) is 0 Å². The minimum Gasteiger partial charge on any atom is -0.503 e. The normalized spacial score (nSPS) is 21.1. The predicted molar refractivity (Wildman–Crippen MR) is 123 cm³/mol. The molecule has 0 radical (unpaired) electrons. The van der Waals surface area contributed by atoms with Gasteiger partial charge in [-0.2, -0.15) is 0 Å². The summed E-state index contributed by atoms with van der Waals surface area (Å²) in [5.41, 5.74) is 0. The monoisotopic (exact) mass is 425 g/mol. The molecule has 1 N–H and O–H groups in total. The molecule has 0 spiro atoms. The number of aliphatic hydroxyl groups is 1. The number of diazo groups is 1. The Balaban J connectivity index is 2.42. The first-order valence-electron chi connectivity index (χ1n) is 11.7. The minimum atomic E-state index is -1.92. The van der Waals surface area contributed by atoms with Gasteiger partial charge in [0.25, 0.3) is 0 Å². The lowest BCUT2D eigenvalue weighted by molar-refractivity contribution is 0.131. The van der Waals surface area contributed by atoms with Crippen LogP contribution in [-0.4, -0.2) is 31.7 Å². The standard InChI is InChI=1S/C23H44N2O3Si/c1-7-8-9-10-11-12-13-14-15-16-17-20(28-29(5,6)23(2,3)4)22-21(27-22)19(26)18-25-24/h18,20-22H,7-17H2,1-6H3/p+1/b19-18-/t20-,21+,22+/m1/s1. The van der Waals surface area contributed by atoms with E-state index in [1.807, 2.05) is 0 Å². The van der Waals surface area contributed by atoms with E-state index in [-0.39, 0.29) is 23.0 Å². The number of ether oxygens (including phenoxy) is 1. The quantitative estimate of drug-likeness (QED) is 0.0958. The summed E-state index contributed by atoms with van der Waals surface area (Å²) in [6.45, 7) is 13.5. The molecule has 6 heteroatoms. The van der Waals surface area contributed by atoms with Crippen LogP contribution in [0.25, 0.3) is 4.98 Å². The van der Waals surface area contributed by atoms with E-state index in [4.69, 9.17) is 14.6 Å². The van der Waals surface area contributed by atoms with Gasteiger partial charge in [0, 0.05) is 0 Å². The van der Waals surface area contributed by atoms with Crippen molar-refractivity contribution in [3.8, 4) is 0 Å². The largest absolute Gasteiger partial charge is 0.503 e. The first kappa shape index (κ1) is 26.1. The molecular formula is C23H45N2O3Si+. The zero-order valence-electron chi connectivity index (χ0n) is 19.7. The number of hydrogen-bond donors (Lipinski definition) is 1. The van der Waals surface area contributed by atoms with Crippen LogP contribution in [0.2, 0.25) is 18.1 Å². The molecule has 0 bridgehead atoms. The van der Waals surface area contributed by atoms with Gasteiger partial charge in [0.15, 0.2) is 19.4 Å². The SMILES string of the molecule is CCCCCCCCCCCC[C@@H](O[Si](C)(C)C(C)(C)C)[C@@H]1O[C@H]1/C(O)=C/[N+]#N. The molecule has 0 amide bonds. The van der Waals surface area contributed by atoms with Crippen molar-refractivity contribution in [2.45, 2.75) is 135 Å². The molecule has 1 fully saturated rings. The second-order valence-electron chi connectivity index (χ2n) is 10.1. The van der Waals surface area contributed by atoms with Gasteiger partial charge in [-0.15, -0.1) is 0 Å². The van der Waals surface area contributed by atoms with Crippen molar-refractivity contribution in [1.82, 2.24) is 0 Å². The molecule has 29 heavy (non-hydrogen) atoms. The summed E-state index contributed by atoms with van der Waals surface area (Å²) in [7, 11) is -1.92. The summed E-state index contributed by atoms with van der Waals surface area (Å²) >= 11 is 0. The molecule has 0 aliphatic carbocycles. The zero-order valence-corrected chi connectivity index (χ0v) is 20.7. The van der Waals surface area contributed by atoms with Gasteiger partial charge >= 0.3 is 6.20 Å². The summed E-state index contributed by atoms with van der Waals surface area (Å²) in [5.74, 6) is -0.0237. The topological polar surface area (TPSA) is 70.1 Å². The summed E-state index contributed by atoms with van der Waals surface area (Å²) in [6, 6.07) is 0. The Kier molecular flexibility index (Phi) is 11.5. The maximum atomic E-state index is 9.95. The molecule has 1 saturated heterocycles. The second kappa shape index (κ2) is 12.7. The van der Waals surface area contributed by atoms with Gasteiger partial charge in [-0.25, -0.2) is 0 Å². The van der Waals surface area contributed by atoms with E-state index in [0.717, 1.165) is 19.0 Å². The Morgan fingerprint density at radius 3 is 2.07 bits per heavy atom. The number of unbranched alkanes of at least 4 members (excludes halogenated alkanes) is 9. The first-order chi connectivity index (χ1) is 13.6. The van der Waals surface area contributed by atoms with Crippen molar-refractivity contribution in [2.24, 2.45) is 0 Å². The molecule has 0 aromatic rings. The Morgan fingerprint density at radius 1 is 1.07 bits per heavy atom. The van der Waals surface area contributed by atoms with Gasteiger partial charge in [0.05, 0.1) is 6.10 Å². The molecule has 168 valence electrons. The third-order valence-electron chi connectivity index (χ3n) is 6.47.